The van der Waals surface area contributed by atoms with Gasteiger partial charge in [0.2, 0.25) is 5.91 Å². The van der Waals surface area contributed by atoms with E-state index in [4.69, 9.17) is 10.5 Å². The summed E-state index contributed by atoms with van der Waals surface area (Å²) in [5.41, 5.74) is 7.98. The molecule has 0 radical (unpaired) electrons. The molecule has 1 heterocycles. The van der Waals surface area contributed by atoms with Crippen LogP contribution < -0.4 is 15.8 Å². The van der Waals surface area contributed by atoms with Crippen molar-refractivity contribution >= 4 is 38.3 Å². The lowest BCUT2D eigenvalue weighted by Gasteiger charge is -2.02. The number of thiazole rings is 1. The van der Waals surface area contributed by atoms with Gasteiger partial charge >= 0.3 is 0 Å². The van der Waals surface area contributed by atoms with Crippen molar-refractivity contribution in [1.82, 2.24) is 4.98 Å². The number of nitrogens with two attached hydrogens (primary N) is 1. The van der Waals surface area contributed by atoms with Gasteiger partial charge in [0.1, 0.15) is 11.3 Å². The number of ether oxygens (including phenoxy) is 1. The predicted octanol–water partition coefficient (Wildman–Crippen LogP) is 3.07. The first kappa shape index (κ1) is 14.3. The normalized spacial score (nSPS) is 10.6. The number of nitrogens with one attached hydrogen (secondary N) is 1. The molecule has 0 bridgehead atoms. The van der Waals surface area contributed by atoms with Crippen LogP contribution in [0.2, 0.25) is 0 Å². The Labute approximate surface area is 131 Å². The number of aromatic nitrogens is 1. The van der Waals surface area contributed by atoms with Crippen LogP contribution in [0.1, 0.15) is 5.56 Å². The van der Waals surface area contributed by atoms with Crippen molar-refractivity contribution in [3.8, 4) is 5.75 Å². The first-order chi connectivity index (χ1) is 10.7. The van der Waals surface area contributed by atoms with Crippen molar-refractivity contribution in [2.24, 2.45) is 0 Å². The van der Waals surface area contributed by atoms with Crippen LogP contribution in [-0.2, 0) is 11.2 Å². The minimum atomic E-state index is -0.109. The molecule has 22 heavy (non-hydrogen) atoms. The highest BCUT2D eigenvalue weighted by molar-refractivity contribution is 7.22. The van der Waals surface area contributed by atoms with E-state index in [0.29, 0.717) is 16.6 Å². The third-order valence-corrected chi connectivity index (χ3v) is 4.13. The molecule has 0 aliphatic heterocycles. The lowest BCUT2D eigenvalue weighted by molar-refractivity contribution is -0.115. The fourth-order valence-electron chi connectivity index (χ4n) is 2.13. The van der Waals surface area contributed by atoms with Crippen LogP contribution in [0.4, 0.5) is 10.8 Å². The van der Waals surface area contributed by atoms with Crippen LogP contribution in [0.5, 0.6) is 5.75 Å². The van der Waals surface area contributed by atoms with Gasteiger partial charge < -0.3 is 15.8 Å². The second kappa shape index (κ2) is 6.03. The molecule has 6 heteroatoms. The predicted molar refractivity (Wildman–Crippen MR) is 89.4 cm³/mol. The van der Waals surface area contributed by atoms with E-state index in [9.17, 15) is 4.79 Å². The number of anilines is 2. The highest BCUT2D eigenvalue weighted by Gasteiger charge is 2.11. The van der Waals surface area contributed by atoms with Crippen molar-refractivity contribution < 1.29 is 9.53 Å². The fourth-order valence-corrected chi connectivity index (χ4v) is 3.03. The molecule has 0 fully saturated rings. The fraction of sp³-hybridized carbons (Fsp3) is 0.125. The Morgan fingerprint density at radius 1 is 1.27 bits per heavy atom. The highest BCUT2D eigenvalue weighted by Crippen LogP contribution is 2.32. The van der Waals surface area contributed by atoms with Gasteiger partial charge in [-0.15, -0.1) is 0 Å². The number of nitrogen functional groups attached to an aromatic ring is 1. The van der Waals surface area contributed by atoms with E-state index in [1.807, 2.05) is 30.3 Å². The molecule has 0 aliphatic carbocycles. The molecule has 3 N–H and O–H groups in total. The summed E-state index contributed by atoms with van der Waals surface area (Å²) in [7, 11) is 1.60. The van der Waals surface area contributed by atoms with E-state index in [2.05, 4.69) is 10.3 Å². The second-order valence-electron chi connectivity index (χ2n) is 4.79. The summed E-state index contributed by atoms with van der Waals surface area (Å²) in [6, 6.07) is 13.0. The summed E-state index contributed by atoms with van der Waals surface area (Å²) in [4.78, 5) is 16.5. The molecule has 2 aromatic carbocycles. The highest BCUT2D eigenvalue weighted by atomic mass is 32.1. The number of rotatable bonds is 4. The Hall–Kier alpha value is -2.60. The maximum Gasteiger partial charge on any atom is 0.230 e. The van der Waals surface area contributed by atoms with Crippen LogP contribution in [0.15, 0.2) is 42.5 Å². The van der Waals surface area contributed by atoms with Crippen LogP contribution in [-0.4, -0.2) is 18.0 Å². The van der Waals surface area contributed by atoms with Crippen LogP contribution >= 0.6 is 11.3 Å². The molecular weight excluding hydrogens is 298 g/mol. The number of carbonyl (C=O) groups excluding carboxylic acids is 1. The molecule has 0 spiro atoms. The topological polar surface area (TPSA) is 77.2 Å². The van der Waals surface area contributed by atoms with E-state index >= 15 is 0 Å². The van der Waals surface area contributed by atoms with Gasteiger partial charge in [-0.3, -0.25) is 4.79 Å². The SMILES string of the molecule is COc1cccc2sc(NC(=O)Cc3ccc(N)cc3)nc12. The quantitative estimate of drug-likeness (QED) is 0.726. The summed E-state index contributed by atoms with van der Waals surface area (Å²) in [6.07, 6.45) is 0.285. The Morgan fingerprint density at radius 3 is 2.77 bits per heavy atom. The number of benzene rings is 2. The molecule has 1 aromatic heterocycles. The zero-order valence-electron chi connectivity index (χ0n) is 12.0. The van der Waals surface area contributed by atoms with Gasteiger partial charge in [-0.25, -0.2) is 4.98 Å². The lowest BCUT2D eigenvalue weighted by Crippen LogP contribution is -2.14. The van der Waals surface area contributed by atoms with E-state index < -0.39 is 0 Å². The second-order valence-corrected chi connectivity index (χ2v) is 5.82. The van der Waals surface area contributed by atoms with Crippen molar-refractivity contribution in [2.45, 2.75) is 6.42 Å². The lowest BCUT2D eigenvalue weighted by atomic mass is 10.1. The summed E-state index contributed by atoms with van der Waals surface area (Å²) >= 11 is 1.43. The van der Waals surface area contributed by atoms with E-state index in [1.165, 1.54) is 11.3 Å². The van der Waals surface area contributed by atoms with E-state index in [0.717, 1.165) is 15.8 Å². The minimum Gasteiger partial charge on any atom is -0.494 e. The first-order valence-corrected chi connectivity index (χ1v) is 7.55. The average Bonchev–Trinajstić information content (AvgIpc) is 2.91. The minimum absolute atomic E-state index is 0.109. The van der Waals surface area contributed by atoms with Crippen molar-refractivity contribution in [3.63, 3.8) is 0 Å². The van der Waals surface area contributed by atoms with Crippen molar-refractivity contribution in [1.29, 1.82) is 0 Å². The smallest absolute Gasteiger partial charge is 0.230 e. The molecule has 0 aliphatic rings. The Morgan fingerprint density at radius 2 is 2.05 bits per heavy atom. The third kappa shape index (κ3) is 3.01. The monoisotopic (exact) mass is 313 g/mol. The molecule has 3 aromatic rings. The number of hydrogen-bond donors (Lipinski definition) is 2. The molecule has 112 valence electrons. The zero-order valence-corrected chi connectivity index (χ0v) is 12.8. The van der Waals surface area contributed by atoms with Gasteiger partial charge in [-0.2, -0.15) is 0 Å². The van der Waals surface area contributed by atoms with Gasteiger partial charge in [0, 0.05) is 5.69 Å². The molecule has 3 rings (SSSR count). The molecule has 1 amide bonds. The number of fused-ring (bicyclic) bond motifs is 1. The molecule has 5 nitrogen and oxygen atoms in total. The first-order valence-electron chi connectivity index (χ1n) is 6.73. The Bertz CT molecular complexity index is 812. The standard InChI is InChI=1S/C16H15N3O2S/c1-21-12-3-2-4-13-15(12)19-16(22-13)18-14(20)9-10-5-7-11(17)8-6-10/h2-8H,9,17H2,1H3,(H,18,19,20). The van der Waals surface area contributed by atoms with Crippen LogP contribution in [0.25, 0.3) is 10.2 Å². The van der Waals surface area contributed by atoms with Gasteiger partial charge in [-0.05, 0) is 29.8 Å². The summed E-state index contributed by atoms with van der Waals surface area (Å²) in [5, 5.41) is 3.40. The van der Waals surface area contributed by atoms with Crippen molar-refractivity contribution in [3.05, 3.63) is 48.0 Å². The number of hydrogen-bond acceptors (Lipinski definition) is 5. The van der Waals surface area contributed by atoms with Gasteiger partial charge in [0.15, 0.2) is 5.13 Å². The maximum absolute atomic E-state index is 12.1. The molecule has 0 atom stereocenters. The zero-order chi connectivity index (χ0) is 15.5. The molecule has 0 saturated carbocycles. The molecule has 0 unspecified atom stereocenters. The third-order valence-electron chi connectivity index (χ3n) is 3.19. The Balaban J connectivity index is 1.75. The number of carbonyl (C=O) groups is 1. The molecular formula is C16H15N3O2S. The largest absolute Gasteiger partial charge is 0.494 e. The number of amides is 1. The van der Waals surface area contributed by atoms with Gasteiger partial charge in [0.05, 0.1) is 18.2 Å². The Kier molecular flexibility index (Phi) is 3.93. The molecule has 0 saturated heterocycles. The summed E-state index contributed by atoms with van der Waals surface area (Å²) in [6.45, 7) is 0. The number of para-hydroxylation sites is 1. The number of nitrogens with zero attached hydrogens (tertiary/aromatic N) is 1. The van der Waals surface area contributed by atoms with Gasteiger partial charge in [0.25, 0.3) is 0 Å². The van der Waals surface area contributed by atoms with E-state index in [1.54, 1.807) is 19.2 Å². The van der Waals surface area contributed by atoms with Crippen LogP contribution in [0.3, 0.4) is 0 Å². The summed E-state index contributed by atoms with van der Waals surface area (Å²) in [5.74, 6) is 0.593. The van der Waals surface area contributed by atoms with Crippen molar-refractivity contribution in [2.75, 3.05) is 18.2 Å². The maximum atomic E-state index is 12.1. The van der Waals surface area contributed by atoms with E-state index in [-0.39, 0.29) is 12.3 Å². The van der Waals surface area contributed by atoms with Crippen LogP contribution in [0, 0.1) is 0 Å². The average molecular weight is 313 g/mol. The number of methoxy groups -OCH3 is 1. The van der Waals surface area contributed by atoms with Gasteiger partial charge in [-0.1, -0.05) is 29.5 Å². The summed E-state index contributed by atoms with van der Waals surface area (Å²) < 4.78 is 6.25.